The minimum atomic E-state index is -0.346. The van der Waals surface area contributed by atoms with Gasteiger partial charge in [0.1, 0.15) is 0 Å². The molecule has 6 heteroatoms. The number of nitrogens with zero attached hydrogens (tertiary/aromatic N) is 3. The standard InChI is InChI=1S/C15H15N5O/c1-9-8-12(15(21)18-16)13-10(2)19-20(14(13)17-9)11-6-4-3-5-7-11/h3-8H,16H2,1-2H3,(H,18,21). The largest absolute Gasteiger partial charge is 0.290 e. The molecule has 0 fully saturated rings. The lowest BCUT2D eigenvalue weighted by atomic mass is 10.1. The first-order chi connectivity index (χ1) is 10.1. The molecule has 0 spiro atoms. The highest BCUT2D eigenvalue weighted by Crippen LogP contribution is 2.24. The first-order valence-electron chi connectivity index (χ1n) is 6.55. The lowest BCUT2D eigenvalue weighted by Crippen LogP contribution is -2.30. The quantitative estimate of drug-likeness (QED) is 0.425. The van der Waals surface area contributed by atoms with Gasteiger partial charge in [-0.3, -0.25) is 10.2 Å². The molecular formula is C15H15N5O. The van der Waals surface area contributed by atoms with E-state index in [4.69, 9.17) is 5.84 Å². The van der Waals surface area contributed by atoms with Gasteiger partial charge in [0.2, 0.25) is 0 Å². The van der Waals surface area contributed by atoms with Crippen molar-refractivity contribution < 1.29 is 4.79 Å². The van der Waals surface area contributed by atoms with Gasteiger partial charge in [-0.1, -0.05) is 18.2 Å². The molecule has 0 saturated carbocycles. The van der Waals surface area contributed by atoms with Crippen LogP contribution >= 0.6 is 0 Å². The van der Waals surface area contributed by atoms with Gasteiger partial charge in [0.05, 0.1) is 22.3 Å². The summed E-state index contributed by atoms with van der Waals surface area (Å²) in [5.41, 5.74) is 5.68. The lowest BCUT2D eigenvalue weighted by molar-refractivity contribution is 0.0955. The molecule has 0 atom stereocenters. The number of para-hydroxylation sites is 1. The van der Waals surface area contributed by atoms with Crippen molar-refractivity contribution >= 4 is 16.9 Å². The van der Waals surface area contributed by atoms with Crippen molar-refractivity contribution in [1.82, 2.24) is 20.2 Å². The number of nitrogen functional groups attached to an aromatic ring is 1. The molecule has 1 amide bonds. The molecule has 1 aromatic carbocycles. The predicted octanol–water partition coefficient (Wildman–Crippen LogP) is 1.64. The molecule has 0 aliphatic carbocycles. The van der Waals surface area contributed by atoms with Crippen LogP contribution in [0.3, 0.4) is 0 Å². The number of nitrogens with one attached hydrogen (secondary N) is 1. The van der Waals surface area contributed by atoms with Crippen LogP contribution in [0.2, 0.25) is 0 Å². The van der Waals surface area contributed by atoms with E-state index in [1.165, 1.54) is 0 Å². The summed E-state index contributed by atoms with van der Waals surface area (Å²) in [5.74, 6) is 4.92. The van der Waals surface area contributed by atoms with Crippen LogP contribution in [0.25, 0.3) is 16.7 Å². The Morgan fingerprint density at radius 3 is 2.62 bits per heavy atom. The van der Waals surface area contributed by atoms with Crippen LogP contribution in [0.4, 0.5) is 0 Å². The van der Waals surface area contributed by atoms with Gasteiger partial charge in [-0.15, -0.1) is 0 Å². The summed E-state index contributed by atoms with van der Waals surface area (Å²) in [6.45, 7) is 3.69. The van der Waals surface area contributed by atoms with Gasteiger partial charge in [0, 0.05) is 5.69 Å². The van der Waals surface area contributed by atoms with Gasteiger partial charge in [-0.05, 0) is 32.0 Å². The van der Waals surface area contributed by atoms with Gasteiger partial charge >= 0.3 is 0 Å². The maximum Gasteiger partial charge on any atom is 0.266 e. The van der Waals surface area contributed by atoms with E-state index in [1.54, 1.807) is 10.7 Å². The number of amides is 1. The van der Waals surface area contributed by atoms with Crippen LogP contribution in [-0.4, -0.2) is 20.7 Å². The number of fused-ring (bicyclic) bond motifs is 1. The molecule has 106 valence electrons. The lowest BCUT2D eigenvalue weighted by Gasteiger charge is -2.06. The molecule has 3 N–H and O–H groups in total. The SMILES string of the molecule is Cc1cc(C(=O)NN)c2c(C)nn(-c3ccccc3)c2n1. The fourth-order valence-corrected chi connectivity index (χ4v) is 2.42. The Morgan fingerprint density at radius 2 is 1.95 bits per heavy atom. The van der Waals surface area contributed by atoms with Crippen molar-refractivity contribution in [2.75, 3.05) is 0 Å². The number of benzene rings is 1. The summed E-state index contributed by atoms with van der Waals surface area (Å²) in [6.07, 6.45) is 0. The van der Waals surface area contributed by atoms with Crippen molar-refractivity contribution in [3.05, 3.63) is 53.3 Å². The molecular weight excluding hydrogens is 266 g/mol. The van der Waals surface area contributed by atoms with Gasteiger partial charge < -0.3 is 0 Å². The maximum atomic E-state index is 12.0. The Balaban J connectivity index is 2.36. The fourth-order valence-electron chi connectivity index (χ4n) is 2.42. The first kappa shape index (κ1) is 13.3. The number of carbonyl (C=O) groups is 1. The number of nitrogens with two attached hydrogens (primary N) is 1. The molecule has 0 aliphatic heterocycles. The molecule has 0 radical (unpaired) electrons. The van der Waals surface area contributed by atoms with E-state index < -0.39 is 0 Å². The fraction of sp³-hybridized carbons (Fsp3) is 0.133. The minimum absolute atomic E-state index is 0.346. The Bertz CT molecular complexity index is 823. The number of carbonyl (C=O) groups excluding carboxylic acids is 1. The van der Waals surface area contributed by atoms with Crippen LogP contribution in [0.5, 0.6) is 0 Å². The summed E-state index contributed by atoms with van der Waals surface area (Å²) in [5, 5.41) is 5.23. The van der Waals surface area contributed by atoms with Crippen LogP contribution in [0.1, 0.15) is 21.7 Å². The third-order valence-corrected chi connectivity index (χ3v) is 3.32. The van der Waals surface area contributed by atoms with Crippen LogP contribution in [0.15, 0.2) is 36.4 Å². The summed E-state index contributed by atoms with van der Waals surface area (Å²) in [4.78, 5) is 16.5. The Kier molecular flexibility index (Phi) is 3.15. The first-order valence-corrected chi connectivity index (χ1v) is 6.55. The Hall–Kier alpha value is -2.73. The minimum Gasteiger partial charge on any atom is -0.290 e. The zero-order valence-electron chi connectivity index (χ0n) is 11.8. The topological polar surface area (TPSA) is 85.8 Å². The number of hydrogen-bond acceptors (Lipinski definition) is 4. The Labute approximate surface area is 121 Å². The monoisotopic (exact) mass is 281 g/mol. The van der Waals surface area contributed by atoms with Gasteiger partial charge in [-0.2, -0.15) is 5.10 Å². The predicted molar refractivity (Wildman–Crippen MR) is 80.0 cm³/mol. The van der Waals surface area contributed by atoms with Crippen molar-refractivity contribution in [2.24, 2.45) is 5.84 Å². The molecule has 0 unspecified atom stereocenters. The molecule has 2 heterocycles. The van der Waals surface area contributed by atoms with E-state index in [0.717, 1.165) is 17.1 Å². The number of aryl methyl sites for hydroxylation is 2. The third kappa shape index (κ3) is 2.15. The summed E-state index contributed by atoms with van der Waals surface area (Å²) in [6, 6.07) is 11.4. The molecule has 0 aliphatic rings. The number of hydrogen-bond donors (Lipinski definition) is 2. The second-order valence-electron chi connectivity index (χ2n) is 4.82. The Morgan fingerprint density at radius 1 is 1.24 bits per heavy atom. The highest BCUT2D eigenvalue weighted by Gasteiger charge is 2.18. The summed E-state index contributed by atoms with van der Waals surface area (Å²) in [7, 11) is 0. The zero-order valence-corrected chi connectivity index (χ0v) is 11.8. The zero-order chi connectivity index (χ0) is 15.0. The van der Waals surface area contributed by atoms with E-state index in [-0.39, 0.29) is 5.91 Å². The maximum absolute atomic E-state index is 12.0. The van der Waals surface area contributed by atoms with E-state index >= 15 is 0 Å². The normalized spacial score (nSPS) is 10.8. The van der Waals surface area contributed by atoms with Gasteiger partial charge in [-0.25, -0.2) is 15.5 Å². The summed E-state index contributed by atoms with van der Waals surface area (Å²) >= 11 is 0. The molecule has 2 aromatic heterocycles. The molecule has 0 saturated heterocycles. The van der Waals surface area contributed by atoms with Crippen molar-refractivity contribution in [2.45, 2.75) is 13.8 Å². The van der Waals surface area contributed by atoms with Crippen molar-refractivity contribution in [1.29, 1.82) is 0 Å². The molecule has 0 bridgehead atoms. The van der Waals surface area contributed by atoms with E-state index in [2.05, 4.69) is 15.5 Å². The van der Waals surface area contributed by atoms with Gasteiger partial charge in [0.25, 0.3) is 5.91 Å². The van der Waals surface area contributed by atoms with Crippen LogP contribution in [-0.2, 0) is 0 Å². The van der Waals surface area contributed by atoms with E-state index in [0.29, 0.717) is 16.6 Å². The average Bonchev–Trinajstić information content (AvgIpc) is 2.83. The van der Waals surface area contributed by atoms with E-state index in [9.17, 15) is 4.79 Å². The van der Waals surface area contributed by atoms with Crippen LogP contribution in [0, 0.1) is 13.8 Å². The number of pyridine rings is 1. The number of aromatic nitrogens is 3. The summed E-state index contributed by atoms with van der Waals surface area (Å²) < 4.78 is 1.74. The second kappa shape index (κ2) is 4.99. The van der Waals surface area contributed by atoms with Crippen LogP contribution < -0.4 is 11.3 Å². The molecule has 6 nitrogen and oxygen atoms in total. The number of hydrazine groups is 1. The highest BCUT2D eigenvalue weighted by atomic mass is 16.2. The second-order valence-corrected chi connectivity index (χ2v) is 4.82. The molecule has 21 heavy (non-hydrogen) atoms. The average molecular weight is 281 g/mol. The molecule has 3 rings (SSSR count). The van der Waals surface area contributed by atoms with Crippen molar-refractivity contribution in [3.8, 4) is 5.69 Å². The molecule has 3 aromatic rings. The number of rotatable bonds is 2. The van der Waals surface area contributed by atoms with Crippen molar-refractivity contribution in [3.63, 3.8) is 0 Å². The van der Waals surface area contributed by atoms with E-state index in [1.807, 2.05) is 44.2 Å². The third-order valence-electron chi connectivity index (χ3n) is 3.32. The van der Waals surface area contributed by atoms with Gasteiger partial charge in [0.15, 0.2) is 5.65 Å². The highest BCUT2D eigenvalue weighted by molar-refractivity contribution is 6.06. The smallest absolute Gasteiger partial charge is 0.266 e.